The van der Waals surface area contributed by atoms with E-state index in [1.54, 1.807) is 42.5 Å². The van der Waals surface area contributed by atoms with Crippen molar-refractivity contribution in [3.8, 4) is 22.3 Å². The molecule has 1 fully saturated rings. The fourth-order valence-electron chi connectivity index (χ4n) is 4.12. The SMILES string of the molecule is CCC/C=C\Cc1ccc(-c2ccc(-c3ccc(C4COC(C)OC4)c(F)c3)cc2)c(F)c1F. The van der Waals surface area contributed by atoms with Crippen LogP contribution in [0.5, 0.6) is 0 Å². The molecule has 0 aliphatic carbocycles. The number of ether oxygens (including phenoxy) is 2. The van der Waals surface area contributed by atoms with Crippen LogP contribution < -0.4 is 0 Å². The smallest absolute Gasteiger partial charge is 0.166 e. The Morgan fingerprint density at radius 2 is 1.50 bits per heavy atom. The fourth-order valence-corrected chi connectivity index (χ4v) is 4.12. The zero-order valence-corrected chi connectivity index (χ0v) is 19.5. The summed E-state index contributed by atoms with van der Waals surface area (Å²) in [5.74, 6) is -2.12. The van der Waals surface area contributed by atoms with Crippen LogP contribution in [0.3, 0.4) is 0 Å². The second-order valence-corrected chi connectivity index (χ2v) is 8.61. The van der Waals surface area contributed by atoms with Crippen molar-refractivity contribution in [3.05, 3.63) is 95.3 Å². The van der Waals surface area contributed by atoms with E-state index in [9.17, 15) is 13.2 Å². The molecular weight excluding hydrogens is 437 g/mol. The molecule has 1 saturated heterocycles. The molecule has 0 atom stereocenters. The molecule has 0 amide bonds. The first kappa shape index (κ1) is 24.2. The summed E-state index contributed by atoms with van der Waals surface area (Å²) < 4.78 is 55.1. The Bertz CT molecular complexity index is 1150. The first-order chi connectivity index (χ1) is 16.5. The minimum atomic E-state index is -0.851. The van der Waals surface area contributed by atoms with Crippen LogP contribution in [0.15, 0.2) is 66.7 Å². The molecule has 1 aliphatic heterocycles. The third kappa shape index (κ3) is 5.43. The van der Waals surface area contributed by atoms with Gasteiger partial charge >= 0.3 is 0 Å². The van der Waals surface area contributed by atoms with E-state index in [2.05, 4.69) is 6.92 Å². The summed E-state index contributed by atoms with van der Waals surface area (Å²) in [4.78, 5) is 0. The molecule has 0 saturated carbocycles. The maximum absolute atomic E-state index is 14.8. The van der Waals surface area contributed by atoms with Gasteiger partial charge in [-0.3, -0.25) is 0 Å². The molecule has 178 valence electrons. The molecule has 0 unspecified atom stereocenters. The van der Waals surface area contributed by atoms with Crippen LogP contribution in [-0.4, -0.2) is 19.5 Å². The van der Waals surface area contributed by atoms with Gasteiger partial charge in [-0.15, -0.1) is 0 Å². The zero-order chi connectivity index (χ0) is 24.1. The number of benzene rings is 3. The minimum absolute atomic E-state index is 0.143. The topological polar surface area (TPSA) is 18.5 Å². The Labute approximate surface area is 199 Å². The van der Waals surface area contributed by atoms with Crippen molar-refractivity contribution >= 4 is 0 Å². The molecule has 3 aromatic rings. The number of halogens is 3. The highest BCUT2D eigenvalue weighted by Crippen LogP contribution is 2.31. The van der Waals surface area contributed by atoms with Gasteiger partial charge in [0.05, 0.1) is 13.2 Å². The minimum Gasteiger partial charge on any atom is -0.352 e. The van der Waals surface area contributed by atoms with Crippen molar-refractivity contribution in [2.45, 2.75) is 45.3 Å². The molecule has 0 aromatic heterocycles. The number of unbranched alkanes of at least 4 members (excludes halogenated alkanes) is 1. The van der Waals surface area contributed by atoms with E-state index < -0.39 is 11.6 Å². The molecule has 2 nitrogen and oxygen atoms in total. The number of hydrogen-bond acceptors (Lipinski definition) is 2. The molecule has 5 heteroatoms. The van der Waals surface area contributed by atoms with Crippen molar-refractivity contribution in [1.82, 2.24) is 0 Å². The first-order valence-electron chi connectivity index (χ1n) is 11.7. The summed E-state index contributed by atoms with van der Waals surface area (Å²) >= 11 is 0. The van der Waals surface area contributed by atoms with E-state index in [0.29, 0.717) is 41.9 Å². The van der Waals surface area contributed by atoms with Crippen LogP contribution in [0, 0.1) is 17.5 Å². The van der Waals surface area contributed by atoms with Crippen LogP contribution in [0.2, 0.25) is 0 Å². The lowest BCUT2D eigenvalue weighted by atomic mass is 9.95. The molecule has 3 aromatic carbocycles. The molecule has 0 spiro atoms. The lowest BCUT2D eigenvalue weighted by molar-refractivity contribution is -0.176. The third-order valence-corrected chi connectivity index (χ3v) is 6.16. The van der Waals surface area contributed by atoms with Gasteiger partial charge in [-0.05, 0) is 53.6 Å². The fraction of sp³-hybridized carbons (Fsp3) is 0.310. The van der Waals surface area contributed by atoms with Crippen molar-refractivity contribution in [1.29, 1.82) is 0 Å². The highest BCUT2D eigenvalue weighted by Gasteiger charge is 2.23. The Kier molecular flexibility index (Phi) is 7.86. The van der Waals surface area contributed by atoms with Crippen molar-refractivity contribution in [2.24, 2.45) is 0 Å². The van der Waals surface area contributed by atoms with Gasteiger partial charge in [-0.2, -0.15) is 0 Å². The number of rotatable bonds is 7. The van der Waals surface area contributed by atoms with Gasteiger partial charge in [0.25, 0.3) is 0 Å². The number of hydrogen-bond donors (Lipinski definition) is 0. The summed E-state index contributed by atoms with van der Waals surface area (Å²) in [6, 6.07) is 15.4. The quantitative estimate of drug-likeness (QED) is 0.331. The summed E-state index contributed by atoms with van der Waals surface area (Å²) in [6.07, 6.45) is 5.88. The van der Waals surface area contributed by atoms with E-state index in [1.165, 1.54) is 6.07 Å². The van der Waals surface area contributed by atoms with Gasteiger partial charge < -0.3 is 9.47 Å². The van der Waals surface area contributed by atoms with E-state index >= 15 is 0 Å². The molecule has 1 heterocycles. The summed E-state index contributed by atoms with van der Waals surface area (Å²) in [5, 5.41) is 0. The van der Waals surface area contributed by atoms with Crippen LogP contribution in [0.25, 0.3) is 22.3 Å². The summed E-state index contributed by atoms with van der Waals surface area (Å²) in [7, 11) is 0. The van der Waals surface area contributed by atoms with Gasteiger partial charge in [0.2, 0.25) is 0 Å². The monoisotopic (exact) mass is 466 g/mol. The second kappa shape index (κ2) is 11.0. The van der Waals surface area contributed by atoms with Crippen molar-refractivity contribution < 1.29 is 22.6 Å². The second-order valence-electron chi connectivity index (χ2n) is 8.61. The Morgan fingerprint density at radius 3 is 2.18 bits per heavy atom. The molecule has 34 heavy (non-hydrogen) atoms. The van der Waals surface area contributed by atoms with E-state index in [4.69, 9.17) is 9.47 Å². The molecule has 0 bridgehead atoms. The lowest BCUT2D eigenvalue weighted by Gasteiger charge is -2.27. The maximum atomic E-state index is 14.8. The highest BCUT2D eigenvalue weighted by molar-refractivity contribution is 5.71. The Morgan fingerprint density at radius 1 is 0.824 bits per heavy atom. The lowest BCUT2D eigenvalue weighted by Crippen LogP contribution is -2.29. The van der Waals surface area contributed by atoms with E-state index in [0.717, 1.165) is 18.4 Å². The normalized spacial score (nSPS) is 18.5. The van der Waals surface area contributed by atoms with Gasteiger partial charge in [0.15, 0.2) is 17.9 Å². The maximum Gasteiger partial charge on any atom is 0.166 e. The van der Waals surface area contributed by atoms with Crippen LogP contribution >= 0.6 is 0 Å². The van der Waals surface area contributed by atoms with Gasteiger partial charge in [0.1, 0.15) is 5.82 Å². The van der Waals surface area contributed by atoms with Gasteiger partial charge in [-0.1, -0.05) is 74.0 Å². The van der Waals surface area contributed by atoms with Crippen molar-refractivity contribution in [3.63, 3.8) is 0 Å². The summed E-state index contributed by atoms with van der Waals surface area (Å²) in [5.41, 5.74) is 3.17. The summed E-state index contributed by atoms with van der Waals surface area (Å²) in [6.45, 7) is 4.73. The molecular formula is C29H29F3O2. The predicted octanol–water partition coefficient (Wildman–Crippen LogP) is 7.81. The molecule has 1 aliphatic rings. The highest BCUT2D eigenvalue weighted by atomic mass is 19.2. The Hall–Kier alpha value is -2.89. The van der Waals surface area contributed by atoms with Crippen LogP contribution in [0.1, 0.15) is 43.7 Å². The van der Waals surface area contributed by atoms with Crippen LogP contribution in [0.4, 0.5) is 13.2 Å². The van der Waals surface area contributed by atoms with Crippen LogP contribution in [-0.2, 0) is 15.9 Å². The Balaban J connectivity index is 1.51. The molecule has 4 rings (SSSR count). The average Bonchev–Trinajstić information content (AvgIpc) is 2.85. The predicted molar refractivity (Wildman–Crippen MR) is 129 cm³/mol. The van der Waals surface area contributed by atoms with Gasteiger partial charge in [-0.25, -0.2) is 13.2 Å². The van der Waals surface area contributed by atoms with Crippen molar-refractivity contribution in [2.75, 3.05) is 13.2 Å². The largest absolute Gasteiger partial charge is 0.352 e. The standard InChI is InChI=1S/C29H29F3O2/c1-3-4-5-6-7-22-12-15-26(29(32)28(22)31)21-10-8-20(9-11-21)23-13-14-25(27(30)16-23)24-17-33-19(2)34-18-24/h5-6,8-16,19,24H,3-4,7,17-18H2,1-2H3/b6-5-. The molecule has 0 radical (unpaired) electrons. The number of allylic oxidation sites excluding steroid dienone is 2. The average molecular weight is 467 g/mol. The van der Waals surface area contributed by atoms with Gasteiger partial charge in [0, 0.05) is 11.5 Å². The molecule has 0 N–H and O–H groups in total. The van der Waals surface area contributed by atoms with E-state index in [1.807, 2.05) is 25.1 Å². The first-order valence-corrected chi connectivity index (χ1v) is 11.7. The van der Waals surface area contributed by atoms with E-state index in [-0.39, 0.29) is 23.6 Å². The third-order valence-electron chi connectivity index (χ3n) is 6.16. The zero-order valence-electron chi connectivity index (χ0n) is 19.5.